The van der Waals surface area contributed by atoms with Crippen molar-refractivity contribution in [1.82, 2.24) is 0 Å². The second-order valence-corrected chi connectivity index (χ2v) is 3.97. The average Bonchev–Trinajstić information content (AvgIpc) is 2.20. The summed E-state index contributed by atoms with van der Waals surface area (Å²) in [4.78, 5) is 0. The van der Waals surface area contributed by atoms with Crippen molar-refractivity contribution in [3.63, 3.8) is 0 Å². The Hall–Kier alpha value is -0.670. The molecule has 0 aromatic heterocycles. The van der Waals surface area contributed by atoms with Gasteiger partial charge in [0.15, 0.2) is 0 Å². The number of benzene rings is 1. The summed E-state index contributed by atoms with van der Waals surface area (Å²) in [5.41, 5.74) is 7.14. The molecule has 1 atom stereocenters. The van der Waals surface area contributed by atoms with Gasteiger partial charge in [0.25, 0.3) is 0 Å². The molecule has 0 spiro atoms. The van der Waals surface area contributed by atoms with Gasteiger partial charge in [0.1, 0.15) is 5.75 Å². The van der Waals surface area contributed by atoms with Gasteiger partial charge in [-0.05, 0) is 30.9 Å². The number of hydrogen-bond donors (Lipinski definition) is 1. The molecule has 3 heteroatoms. The van der Waals surface area contributed by atoms with Crippen LogP contribution in [0.2, 0.25) is 0 Å². The summed E-state index contributed by atoms with van der Waals surface area (Å²) in [5, 5.41) is 0. The highest BCUT2D eigenvalue weighted by Gasteiger charge is 2.04. The minimum absolute atomic E-state index is 0.126. The van der Waals surface area contributed by atoms with Gasteiger partial charge >= 0.3 is 0 Å². The lowest BCUT2D eigenvalue weighted by Crippen LogP contribution is -2.12. The Labute approximate surface area is 89.8 Å². The number of nitrogens with two attached hydrogens (primary N) is 1. The Bertz CT molecular complexity index is 260. The fourth-order valence-electron chi connectivity index (χ4n) is 1.25. The van der Waals surface area contributed by atoms with Crippen LogP contribution >= 0.6 is 11.8 Å². The zero-order chi connectivity index (χ0) is 10.4. The number of ether oxygens (including phenoxy) is 1. The van der Waals surface area contributed by atoms with Crippen LogP contribution in [0.1, 0.15) is 18.5 Å². The van der Waals surface area contributed by atoms with Gasteiger partial charge in [-0.3, -0.25) is 0 Å². The van der Waals surface area contributed by atoms with Gasteiger partial charge in [0, 0.05) is 11.8 Å². The third-order valence-corrected chi connectivity index (χ3v) is 2.66. The van der Waals surface area contributed by atoms with E-state index in [0.29, 0.717) is 6.61 Å². The van der Waals surface area contributed by atoms with E-state index in [9.17, 15) is 0 Å². The second-order valence-electron chi connectivity index (χ2n) is 3.06. The average molecular weight is 211 g/mol. The molecule has 1 aromatic rings. The van der Waals surface area contributed by atoms with Crippen LogP contribution in [0.4, 0.5) is 0 Å². The number of rotatable bonds is 5. The topological polar surface area (TPSA) is 35.2 Å². The maximum absolute atomic E-state index is 5.97. The summed E-state index contributed by atoms with van der Waals surface area (Å²) in [6, 6.07) is 8.14. The molecule has 0 aliphatic rings. The SMILES string of the molecule is CCOc1ccc(C(N)CSC)cc1. The first-order chi connectivity index (χ1) is 6.77. The smallest absolute Gasteiger partial charge is 0.119 e. The van der Waals surface area contributed by atoms with Crippen LogP contribution in [0.15, 0.2) is 24.3 Å². The molecular formula is C11H17NOS. The lowest BCUT2D eigenvalue weighted by Gasteiger charge is -2.11. The van der Waals surface area contributed by atoms with Crippen LogP contribution in [0, 0.1) is 0 Å². The molecule has 0 saturated carbocycles. The van der Waals surface area contributed by atoms with Crippen molar-refractivity contribution in [1.29, 1.82) is 0 Å². The van der Waals surface area contributed by atoms with Crippen LogP contribution < -0.4 is 10.5 Å². The summed E-state index contributed by atoms with van der Waals surface area (Å²) >= 11 is 1.76. The van der Waals surface area contributed by atoms with Crippen LogP contribution in [-0.2, 0) is 0 Å². The van der Waals surface area contributed by atoms with Crippen molar-refractivity contribution in [2.45, 2.75) is 13.0 Å². The van der Waals surface area contributed by atoms with Crippen LogP contribution in [-0.4, -0.2) is 18.6 Å². The quantitative estimate of drug-likeness (QED) is 0.812. The molecule has 1 aromatic carbocycles. The van der Waals surface area contributed by atoms with Crippen molar-refractivity contribution in [3.05, 3.63) is 29.8 Å². The van der Waals surface area contributed by atoms with Crippen LogP contribution in [0.3, 0.4) is 0 Å². The molecule has 78 valence electrons. The normalized spacial score (nSPS) is 12.5. The first kappa shape index (κ1) is 11.4. The minimum atomic E-state index is 0.126. The zero-order valence-corrected chi connectivity index (χ0v) is 9.51. The van der Waals surface area contributed by atoms with Gasteiger partial charge < -0.3 is 10.5 Å². The van der Waals surface area contributed by atoms with Crippen molar-refractivity contribution in [3.8, 4) is 5.75 Å². The summed E-state index contributed by atoms with van der Waals surface area (Å²) in [6.45, 7) is 2.68. The fraction of sp³-hybridized carbons (Fsp3) is 0.455. The molecule has 0 aliphatic heterocycles. The summed E-state index contributed by atoms with van der Waals surface area (Å²) in [7, 11) is 0. The lowest BCUT2D eigenvalue weighted by atomic mass is 10.1. The molecule has 0 aliphatic carbocycles. The van der Waals surface area contributed by atoms with Gasteiger partial charge in [-0.25, -0.2) is 0 Å². The van der Waals surface area contributed by atoms with E-state index < -0.39 is 0 Å². The Balaban J connectivity index is 2.62. The Morgan fingerprint density at radius 3 is 2.50 bits per heavy atom. The molecule has 2 N–H and O–H groups in total. The molecule has 0 heterocycles. The third kappa shape index (κ3) is 3.24. The zero-order valence-electron chi connectivity index (χ0n) is 8.69. The molecule has 0 radical (unpaired) electrons. The van der Waals surface area contributed by atoms with E-state index in [1.165, 1.54) is 5.56 Å². The van der Waals surface area contributed by atoms with Gasteiger partial charge in [-0.15, -0.1) is 0 Å². The number of thioether (sulfide) groups is 1. The Morgan fingerprint density at radius 1 is 1.36 bits per heavy atom. The van der Waals surface area contributed by atoms with Crippen molar-refractivity contribution < 1.29 is 4.74 Å². The first-order valence-electron chi connectivity index (χ1n) is 4.75. The Morgan fingerprint density at radius 2 is 2.00 bits per heavy atom. The second kappa shape index (κ2) is 5.94. The maximum atomic E-state index is 5.97. The maximum Gasteiger partial charge on any atom is 0.119 e. The van der Waals surface area contributed by atoms with Crippen molar-refractivity contribution in [2.75, 3.05) is 18.6 Å². The van der Waals surface area contributed by atoms with Crippen LogP contribution in [0.25, 0.3) is 0 Å². The molecule has 1 rings (SSSR count). The molecule has 2 nitrogen and oxygen atoms in total. The minimum Gasteiger partial charge on any atom is -0.494 e. The molecular weight excluding hydrogens is 194 g/mol. The van der Waals surface area contributed by atoms with Gasteiger partial charge in [-0.2, -0.15) is 11.8 Å². The summed E-state index contributed by atoms with van der Waals surface area (Å²) < 4.78 is 5.35. The van der Waals surface area contributed by atoms with E-state index in [-0.39, 0.29) is 6.04 Å². The largest absolute Gasteiger partial charge is 0.494 e. The highest BCUT2D eigenvalue weighted by Crippen LogP contribution is 2.18. The molecule has 14 heavy (non-hydrogen) atoms. The fourth-order valence-corrected chi connectivity index (χ4v) is 1.81. The van der Waals surface area contributed by atoms with E-state index in [0.717, 1.165) is 11.5 Å². The Kier molecular flexibility index (Phi) is 4.84. The summed E-state index contributed by atoms with van der Waals surface area (Å²) in [5.74, 6) is 1.86. The van der Waals surface area contributed by atoms with Crippen molar-refractivity contribution in [2.24, 2.45) is 5.73 Å². The van der Waals surface area contributed by atoms with Crippen molar-refractivity contribution >= 4 is 11.8 Å². The van der Waals surface area contributed by atoms with E-state index >= 15 is 0 Å². The molecule has 0 bridgehead atoms. The highest BCUT2D eigenvalue weighted by molar-refractivity contribution is 7.98. The van der Waals surface area contributed by atoms with E-state index in [1.54, 1.807) is 11.8 Å². The monoisotopic (exact) mass is 211 g/mol. The predicted octanol–water partition coefficient (Wildman–Crippen LogP) is 2.45. The molecule has 0 fully saturated rings. The van der Waals surface area contributed by atoms with Gasteiger partial charge in [0.05, 0.1) is 6.61 Å². The first-order valence-corrected chi connectivity index (χ1v) is 6.14. The molecule has 0 amide bonds. The molecule has 1 unspecified atom stereocenters. The molecule has 0 saturated heterocycles. The third-order valence-electron chi connectivity index (χ3n) is 1.97. The summed E-state index contributed by atoms with van der Waals surface area (Å²) in [6.07, 6.45) is 2.06. The van der Waals surface area contributed by atoms with E-state index in [2.05, 4.69) is 6.26 Å². The number of hydrogen-bond acceptors (Lipinski definition) is 3. The standard InChI is InChI=1S/C11H17NOS/c1-3-13-10-6-4-9(5-7-10)11(12)8-14-2/h4-7,11H,3,8,12H2,1-2H3. The van der Waals surface area contributed by atoms with Gasteiger partial charge in [-0.1, -0.05) is 12.1 Å². The lowest BCUT2D eigenvalue weighted by molar-refractivity contribution is 0.340. The van der Waals surface area contributed by atoms with Crippen LogP contribution in [0.5, 0.6) is 5.75 Å². The predicted molar refractivity (Wildman–Crippen MR) is 62.9 cm³/mol. The van der Waals surface area contributed by atoms with E-state index in [4.69, 9.17) is 10.5 Å². The van der Waals surface area contributed by atoms with E-state index in [1.807, 2.05) is 31.2 Å². The van der Waals surface area contributed by atoms with Gasteiger partial charge in [0.2, 0.25) is 0 Å². The highest BCUT2D eigenvalue weighted by atomic mass is 32.2.